The molecule has 0 aliphatic carbocycles. The van der Waals surface area contributed by atoms with Gasteiger partial charge < -0.3 is 14.8 Å². The summed E-state index contributed by atoms with van der Waals surface area (Å²) >= 11 is 0. The van der Waals surface area contributed by atoms with Crippen molar-refractivity contribution in [3.8, 4) is 17.0 Å². The molecule has 1 aliphatic heterocycles. The molecule has 2 aromatic heterocycles. The minimum Gasteiger partial charge on any atom is -0.492 e. The molecule has 5 rings (SSSR count). The van der Waals surface area contributed by atoms with Gasteiger partial charge in [0, 0.05) is 30.9 Å². The molecule has 0 unspecified atom stereocenters. The lowest BCUT2D eigenvalue weighted by Crippen LogP contribution is -2.38. The molecule has 9 nitrogen and oxygen atoms in total. The van der Waals surface area contributed by atoms with Crippen LogP contribution in [0.25, 0.3) is 22.4 Å². The maximum atomic E-state index is 14.5. The van der Waals surface area contributed by atoms with E-state index in [1.807, 2.05) is 0 Å². The number of benzene rings is 2. The zero-order valence-corrected chi connectivity index (χ0v) is 18.3. The second-order valence-electron chi connectivity index (χ2n) is 7.84. The Bertz CT molecular complexity index is 1290. The largest absolute Gasteiger partial charge is 0.492 e. The number of fused-ring (bicyclic) bond motifs is 1. The SMILES string of the molecule is O=C(Nc1ccc(OCCN2CCOCC2)cc1)c1cc(-c2ccc3n[nH]nc3n2)ccc1F. The van der Waals surface area contributed by atoms with E-state index in [0.717, 1.165) is 32.8 Å². The van der Waals surface area contributed by atoms with Gasteiger partial charge in [-0.2, -0.15) is 10.3 Å². The van der Waals surface area contributed by atoms with E-state index in [0.29, 0.717) is 40.5 Å². The molecule has 2 aromatic carbocycles. The van der Waals surface area contributed by atoms with Crippen LogP contribution in [0.4, 0.5) is 10.1 Å². The van der Waals surface area contributed by atoms with E-state index < -0.39 is 11.7 Å². The predicted octanol–water partition coefficient (Wildman–Crippen LogP) is 3.12. The molecule has 0 radical (unpaired) electrons. The summed E-state index contributed by atoms with van der Waals surface area (Å²) in [4.78, 5) is 19.5. The van der Waals surface area contributed by atoms with Gasteiger partial charge >= 0.3 is 0 Å². The van der Waals surface area contributed by atoms with E-state index >= 15 is 0 Å². The summed E-state index contributed by atoms with van der Waals surface area (Å²) in [6, 6.07) is 14.8. The molecule has 1 aliphatic rings. The molecule has 2 N–H and O–H groups in total. The molecule has 0 saturated carbocycles. The number of nitrogens with zero attached hydrogens (tertiary/aromatic N) is 4. The molecule has 4 aromatic rings. The van der Waals surface area contributed by atoms with Gasteiger partial charge in [-0.3, -0.25) is 9.69 Å². The zero-order chi connectivity index (χ0) is 23.3. The molecule has 1 amide bonds. The highest BCUT2D eigenvalue weighted by atomic mass is 19.1. The van der Waals surface area contributed by atoms with Crippen molar-refractivity contribution in [1.82, 2.24) is 25.3 Å². The number of anilines is 1. The fourth-order valence-electron chi connectivity index (χ4n) is 3.71. The first-order chi connectivity index (χ1) is 16.7. The van der Waals surface area contributed by atoms with Crippen LogP contribution >= 0.6 is 0 Å². The molecule has 3 heterocycles. The number of pyridine rings is 1. The highest BCUT2D eigenvalue weighted by Crippen LogP contribution is 2.23. The van der Waals surface area contributed by atoms with E-state index in [1.54, 1.807) is 42.5 Å². The molecule has 34 heavy (non-hydrogen) atoms. The summed E-state index contributed by atoms with van der Waals surface area (Å²) in [6.07, 6.45) is 0. The third kappa shape index (κ3) is 5.03. The Morgan fingerprint density at radius 2 is 1.91 bits per heavy atom. The van der Waals surface area contributed by atoms with Crippen molar-refractivity contribution in [1.29, 1.82) is 0 Å². The molecule has 174 valence electrons. The summed E-state index contributed by atoms with van der Waals surface area (Å²) in [7, 11) is 0. The number of rotatable bonds is 7. The molecule has 0 bridgehead atoms. The van der Waals surface area contributed by atoms with Crippen LogP contribution in [-0.2, 0) is 4.74 Å². The second-order valence-corrected chi connectivity index (χ2v) is 7.84. The molecule has 1 fully saturated rings. The number of hydrogen-bond donors (Lipinski definition) is 2. The number of aromatic nitrogens is 4. The first kappa shape index (κ1) is 21.9. The fraction of sp³-hybridized carbons (Fsp3) is 0.250. The van der Waals surface area contributed by atoms with Gasteiger partial charge in [0.1, 0.15) is 23.7 Å². The van der Waals surface area contributed by atoms with E-state index in [-0.39, 0.29) is 5.56 Å². The minimum atomic E-state index is -0.619. The first-order valence-electron chi connectivity index (χ1n) is 11.0. The number of nitrogens with one attached hydrogen (secondary N) is 2. The van der Waals surface area contributed by atoms with Crippen LogP contribution in [0.1, 0.15) is 10.4 Å². The summed E-state index contributed by atoms with van der Waals surface area (Å²) in [6.45, 7) is 4.73. The average molecular weight is 462 g/mol. The number of carbonyl (C=O) groups excluding carboxylic acids is 1. The van der Waals surface area contributed by atoms with E-state index in [9.17, 15) is 9.18 Å². The first-order valence-corrected chi connectivity index (χ1v) is 11.0. The van der Waals surface area contributed by atoms with Gasteiger partial charge in [-0.1, -0.05) is 0 Å². The van der Waals surface area contributed by atoms with Crippen LogP contribution < -0.4 is 10.1 Å². The van der Waals surface area contributed by atoms with Crippen molar-refractivity contribution in [3.63, 3.8) is 0 Å². The summed E-state index contributed by atoms with van der Waals surface area (Å²) in [5.41, 5.74) is 2.69. The maximum absolute atomic E-state index is 14.5. The third-order valence-corrected chi connectivity index (χ3v) is 5.58. The van der Waals surface area contributed by atoms with Crippen LogP contribution in [-0.4, -0.2) is 70.7 Å². The van der Waals surface area contributed by atoms with Gasteiger partial charge in [-0.05, 0) is 54.6 Å². The summed E-state index contributed by atoms with van der Waals surface area (Å²) in [5, 5.41) is 13.2. The smallest absolute Gasteiger partial charge is 0.258 e. The summed E-state index contributed by atoms with van der Waals surface area (Å²) < 4.78 is 25.6. The van der Waals surface area contributed by atoms with E-state index in [1.165, 1.54) is 12.1 Å². The van der Waals surface area contributed by atoms with Crippen LogP contribution in [0, 0.1) is 5.82 Å². The van der Waals surface area contributed by atoms with E-state index in [2.05, 4.69) is 30.6 Å². The lowest BCUT2D eigenvalue weighted by molar-refractivity contribution is 0.0322. The van der Waals surface area contributed by atoms with Gasteiger partial charge in [0.15, 0.2) is 0 Å². The highest BCUT2D eigenvalue weighted by molar-refractivity contribution is 6.05. The topological polar surface area (TPSA) is 105 Å². The molecular weight excluding hydrogens is 439 g/mol. The van der Waals surface area contributed by atoms with Crippen molar-refractivity contribution >= 4 is 22.8 Å². The number of morpholine rings is 1. The standard InChI is InChI=1S/C24H23FN6O3/c25-20-6-1-16(21-7-8-22-23(27-21)29-30-28-22)15-19(20)24(32)26-17-2-4-18(5-3-17)34-14-11-31-9-12-33-13-10-31/h1-8,15H,9-14H2,(H,26,32)(H,27,28,29,30). The second kappa shape index (κ2) is 9.94. The highest BCUT2D eigenvalue weighted by Gasteiger charge is 2.15. The molecule has 0 spiro atoms. The third-order valence-electron chi connectivity index (χ3n) is 5.58. The lowest BCUT2D eigenvalue weighted by atomic mass is 10.1. The molecule has 0 atom stereocenters. The van der Waals surface area contributed by atoms with Crippen molar-refractivity contribution in [2.24, 2.45) is 0 Å². The fourth-order valence-corrected chi connectivity index (χ4v) is 3.71. The lowest BCUT2D eigenvalue weighted by Gasteiger charge is -2.26. The van der Waals surface area contributed by atoms with Gasteiger partial charge in [0.25, 0.3) is 5.91 Å². The molecular formula is C24H23FN6O3. The van der Waals surface area contributed by atoms with Gasteiger partial charge in [-0.15, -0.1) is 5.10 Å². The Labute approximate surface area is 194 Å². The number of halogens is 1. The predicted molar refractivity (Wildman–Crippen MR) is 124 cm³/mol. The van der Waals surface area contributed by atoms with Crippen LogP contribution in [0.3, 0.4) is 0 Å². The van der Waals surface area contributed by atoms with Crippen LogP contribution in [0.15, 0.2) is 54.6 Å². The number of amides is 1. The Morgan fingerprint density at radius 1 is 1.09 bits per heavy atom. The normalized spacial score (nSPS) is 14.3. The maximum Gasteiger partial charge on any atom is 0.258 e. The molecule has 10 heteroatoms. The van der Waals surface area contributed by atoms with Crippen LogP contribution in [0.2, 0.25) is 0 Å². The monoisotopic (exact) mass is 462 g/mol. The number of aromatic amines is 1. The van der Waals surface area contributed by atoms with Gasteiger partial charge in [0.2, 0.25) is 5.65 Å². The van der Waals surface area contributed by atoms with Crippen molar-refractivity contribution in [2.45, 2.75) is 0 Å². The Kier molecular flexibility index (Phi) is 6.41. The number of ether oxygens (including phenoxy) is 2. The number of H-pyrrole nitrogens is 1. The quantitative estimate of drug-likeness (QED) is 0.435. The minimum absolute atomic E-state index is 0.0783. The van der Waals surface area contributed by atoms with Gasteiger partial charge in [0.05, 0.1) is 24.5 Å². The van der Waals surface area contributed by atoms with Crippen molar-refractivity contribution in [2.75, 3.05) is 44.8 Å². The number of carbonyl (C=O) groups is 1. The Hall–Kier alpha value is -3.89. The van der Waals surface area contributed by atoms with Crippen molar-refractivity contribution < 1.29 is 18.7 Å². The van der Waals surface area contributed by atoms with Crippen LogP contribution in [0.5, 0.6) is 5.75 Å². The van der Waals surface area contributed by atoms with Crippen molar-refractivity contribution in [3.05, 3.63) is 66.0 Å². The van der Waals surface area contributed by atoms with E-state index in [4.69, 9.17) is 9.47 Å². The average Bonchev–Trinajstić information content (AvgIpc) is 3.34. The Morgan fingerprint density at radius 3 is 2.74 bits per heavy atom. The van der Waals surface area contributed by atoms with Gasteiger partial charge in [-0.25, -0.2) is 9.37 Å². The Balaban J connectivity index is 1.22. The zero-order valence-electron chi connectivity index (χ0n) is 18.3. The summed E-state index contributed by atoms with van der Waals surface area (Å²) in [5.74, 6) is -0.469. The molecule has 1 saturated heterocycles. The number of hydrogen-bond acceptors (Lipinski definition) is 7.